The van der Waals surface area contributed by atoms with E-state index in [0.717, 1.165) is 5.56 Å². The molecule has 0 radical (unpaired) electrons. The van der Waals surface area contributed by atoms with Crippen LogP contribution >= 0.6 is 0 Å². The van der Waals surface area contributed by atoms with Gasteiger partial charge in [-0.1, -0.05) is 53.7 Å². The Balaban J connectivity index is 2.23. The molecule has 1 aliphatic rings. The van der Waals surface area contributed by atoms with E-state index in [2.05, 4.69) is 67.7 Å². The molecule has 0 aliphatic heterocycles. The molecule has 0 spiro atoms. The van der Waals surface area contributed by atoms with Crippen LogP contribution in [0.2, 0.25) is 36.3 Å². The third-order valence-corrected chi connectivity index (χ3v) is 19.5. The van der Waals surface area contributed by atoms with E-state index < -0.39 is 75.8 Å². The lowest BCUT2D eigenvalue weighted by Crippen LogP contribution is -2.56. The highest BCUT2D eigenvalue weighted by molar-refractivity contribution is 6.74. The molecule has 3 N–H and O–H groups in total. The van der Waals surface area contributed by atoms with Crippen LogP contribution < -0.4 is 21.7 Å². The average Bonchev–Trinajstić information content (AvgIpc) is 3.28. The summed E-state index contributed by atoms with van der Waals surface area (Å²) in [4.78, 5) is 40.7. The van der Waals surface area contributed by atoms with Gasteiger partial charge in [0.25, 0.3) is 5.56 Å². The Morgan fingerprint density at radius 3 is 1.88 bits per heavy atom. The third kappa shape index (κ3) is 9.42. The molecular formula is C36H61N3O8Si2. The zero-order valence-corrected chi connectivity index (χ0v) is 34.1. The monoisotopic (exact) mass is 719 g/mol. The minimum absolute atomic E-state index is 0.0580. The van der Waals surface area contributed by atoms with Gasteiger partial charge in [0.05, 0.1) is 38.0 Å². The number of hydrogen-bond acceptors (Lipinski definition) is 9. The molecule has 0 saturated heterocycles. The highest BCUT2D eigenvalue weighted by atomic mass is 28.4. The van der Waals surface area contributed by atoms with Crippen LogP contribution in [-0.4, -0.2) is 73.9 Å². The number of hydrogen-bond donors (Lipinski definition) is 2. The lowest BCUT2D eigenvalue weighted by Gasteiger charge is -2.45. The first kappa shape index (κ1) is 40.9. The van der Waals surface area contributed by atoms with Crippen molar-refractivity contribution in [3.8, 4) is 5.75 Å². The number of benzene rings is 1. The summed E-state index contributed by atoms with van der Waals surface area (Å²) >= 11 is 0. The number of esters is 1. The van der Waals surface area contributed by atoms with Crippen molar-refractivity contribution in [1.29, 1.82) is 0 Å². The molecule has 1 aromatic carbocycles. The van der Waals surface area contributed by atoms with Crippen molar-refractivity contribution < 1.29 is 28.2 Å². The Bertz CT molecular complexity index is 1570. The highest BCUT2D eigenvalue weighted by Gasteiger charge is 2.56. The zero-order chi connectivity index (χ0) is 37.5. The molecule has 1 aliphatic carbocycles. The maximum absolute atomic E-state index is 14.3. The molecular weight excluding hydrogens is 659 g/mol. The molecule has 2 aromatic rings. The van der Waals surface area contributed by atoms with E-state index in [1.165, 1.54) is 21.4 Å². The van der Waals surface area contributed by atoms with E-state index in [1.54, 1.807) is 40.0 Å². The lowest BCUT2D eigenvalue weighted by molar-refractivity contribution is -0.161. The molecule has 49 heavy (non-hydrogen) atoms. The summed E-state index contributed by atoms with van der Waals surface area (Å²) in [6.45, 7) is 26.6. The molecule has 6 atom stereocenters. The number of rotatable bonds is 11. The minimum Gasteiger partial charge on any atom is -0.497 e. The van der Waals surface area contributed by atoms with Gasteiger partial charge in [0.2, 0.25) is 0 Å². The standard InChI is InChI=1S/C36H61N3O8Si2/c1-34(2,3)45-32(42)28(37)29(41)25-21-26(31(47-49(13,14)36(7,8)9)30(25)46-48(11,12)35(4,5)6)38-20-19-27(40)39(33(38)43)22-23-15-17-24(44-10)18-16-23/h15-20,25-26,28-31,41H,21-22,37H2,1-14H3/t25-,26-,28+,29+,30?,31?/m1/s1. The minimum atomic E-state index is -2.53. The lowest BCUT2D eigenvalue weighted by atomic mass is 9.92. The summed E-state index contributed by atoms with van der Waals surface area (Å²) < 4.78 is 27.9. The Morgan fingerprint density at radius 1 is 0.898 bits per heavy atom. The van der Waals surface area contributed by atoms with Gasteiger partial charge in [-0.05, 0) is 81.2 Å². The van der Waals surface area contributed by atoms with Crippen molar-refractivity contribution in [2.75, 3.05) is 7.11 Å². The SMILES string of the molecule is COc1ccc(Cn2c(=O)ccn([C@@H]3C[C@H]([C@H](O)[C@H](N)C(=O)OC(C)(C)C)C(O[Si](C)(C)C(C)(C)C)C3O[Si](C)(C)C(C)(C)C)c2=O)cc1. The van der Waals surface area contributed by atoms with Crippen molar-refractivity contribution >= 4 is 22.6 Å². The van der Waals surface area contributed by atoms with Gasteiger partial charge in [0.1, 0.15) is 17.4 Å². The molecule has 11 nitrogen and oxygen atoms in total. The van der Waals surface area contributed by atoms with E-state index >= 15 is 0 Å². The molecule has 13 heteroatoms. The van der Waals surface area contributed by atoms with Crippen molar-refractivity contribution in [2.24, 2.45) is 11.7 Å². The summed E-state index contributed by atoms with van der Waals surface area (Å²) in [6.07, 6.45) is -1.03. The van der Waals surface area contributed by atoms with Crippen LogP contribution in [-0.2, 0) is 24.9 Å². The molecule has 2 unspecified atom stereocenters. The molecule has 1 saturated carbocycles. The number of aromatic nitrogens is 2. The maximum Gasteiger partial charge on any atom is 0.331 e. The number of methoxy groups -OCH3 is 1. The first-order valence-electron chi connectivity index (χ1n) is 17.2. The Hall–Kier alpha value is -2.56. The maximum atomic E-state index is 14.3. The van der Waals surface area contributed by atoms with Crippen molar-refractivity contribution in [3.63, 3.8) is 0 Å². The second-order valence-corrected chi connectivity index (χ2v) is 27.0. The van der Waals surface area contributed by atoms with Crippen molar-refractivity contribution in [1.82, 2.24) is 9.13 Å². The van der Waals surface area contributed by atoms with Crippen LogP contribution in [0.1, 0.15) is 80.3 Å². The van der Waals surface area contributed by atoms with Gasteiger partial charge in [-0.15, -0.1) is 0 Å². The van der Waals surface area contributed by atoms with Gasteiger partial charge in [-0.3, -0.25) is 18.7 Å². The molecule has 0 amide bonds. The Labute approximate surface area is 294 Å². The average molecular weight is 720 g/mol. The quantitative estimate of drug-likeness (QED) is 0.229. The van der Waals surface area contributed by atoms with Gasteiger partial charge >= 0.3 is 11.7 Å². The number of aliphatic hydroxyl groups is 1. The van der Waals surface area contributed by atoms with E-state index in [9.17, 15) is 19.5 Å². The second-order valence-electron chi connectivity index (χ2n) is 17.5. The number of ether oxygens (including phenoxy) is 2. The van der Waals surface area contributed by atoms with E-state index in [-0.39, 0.29) is 23.0 Å². The zero-order valence-electron chi connectivity index (χ0n) is 32.1. The predicted octanol–water partition coefficient (Wildman–Crippen LogP) is 5.44. The number of nitrogens with zero attached hydrogens (tertiary/aromatic N) is 2. The van der Waals surface area contributed by atoms with Gasteiger partial charge < -0.3 is 29.2 Å². The Morgan fingerprint density at radius 2 is 1.41 bits per heavy atom. The molecule has 1 fully saturated rings. The van der Waals surface area contributed by atoms with Crippen molar-refractivity contribution in [2.45, 2.75) is 148 Å². The summed E-state index contributed by atoms with van der Waals surface area (Å²) in [5.74, 6) is -0.744. The van der Waals surface area contributed by atoms with E-state index in [0.29, 0.717) is 5.75 Å². The fourth-order valence-corrected chi connectivity index (χ4v) is 8.24. The van der Waals surface area contributed by atoms with Gasteiger partial charge in [-0.25, -0.2) is 4.79 Å². The first-order chi connectivity index (χ1) is 22.2. The summed E-state index contributed by atoms with van der Waals surface area (Å²) in [6, 6.07) is 6.58. The normalized spacial score (nSPS) is 22.1. The molecule has 1 heterocycles. The van der Waals surface area contributed by atoms with Crippen LogP contribution in [0.5, 0.6) is 5.75 Å². The number of nitrogens with two attached hydrogens (primary N) is 1. The van der Waals surface area contributed by atoms with Crippen LogP contribution in [0.15, 0.2) is 46.1 Å². The molecule has 1 aromatic heterocycles. The number of aliphatic hydroxyl groups excluding tert-OH is 1. The summed E-state index contributed by atoms with van der Waals surface area (Å²) in [5, 5.41) is 11.5. The Kier molecular flexibility index (Phi) is 12.2. The molecule has 3 rings (SSSR count). The van der Waals surface area contributed by atoms with Crippen LogP contribution in [0.25, 0.3) is 0 Å². The number of carbonyl (C=O) groups is 1. The second kappa shape index (κ2) is 14.6. The summed E-state index contributed by atoms with van der Waals surface area (Å²) in [7, 11) is -3.48. The predicted molar refractivity (Wildman–Crippen MR) is 198 cm³/mol. The molecule has 276 valence electrons. The largest absolute Gasteiger partial charge is 0.497 e. The van der Waals surface area contributed by atoms with E-state index in [4.69, 9.17) is 24.1 Å². The van der Waals surface area contributed by atoms with E-state index in [1.807, 2.05) is 12.1 Å². The van der Waals surface area contributed by atoms with Crippen LogP contribution in [0, 0.1) is 5.92 Å². The third-order valence-electron chi connectivity index (χ3n) is 10.6. The van der Waals surface area contributed by atoms with Gasteiger partial charge in [0.15, 0.2) is 16.6 Å². The fraction of sp³-hybridized carbons (Fsp3) is 0.694. The fourth-order valence-electron chi connectivity index (χ4n) is 5.57. The highest BCUT2D eigenvalue weighted by Crippen LogP contribution is 2.48. The van der Waals surface area contributed by atoms with Gasteiger partial charge in [0, 0.05) is 18.2 Å². The van der Waals surface area contributed by atoms with Gasteiger partial charge in [-0.2, -0.15) is 0 Å². The van der Waals surface area contributed by atoms with Crippen LogP contribution in [0.4, 0.5) is 0 Å². The smallest absolute Gasteiger partial charge is 0.331 e. The first-order valence-corrected chi connectivity index (χ1v) is 23.0. The molecule has 0 bridgehead atoms. The summed E-state index contributed by atoms with van der Waals surface area (Å²) in [5.41, 5.74) is 5.46. The van der Waals surface area contributed by atoms with Crippen LogP contribution in [0.3, 0.4) is 0 Å². The topological polar surface area (TPSA) is 144 Å². The number of carbonyl (C=O) groups excluding carboxylic acids is 1. The van der Waals surface area contributed by atoms with Crippen molar-refractivity contribution in [3.05, 3.63) is 62.9 Å².